The fraction of sp³-hybridized carbons (Fsp3) is 0.500. The number of aromatic nitrogens is 5. The summed E-state index contributed by atoms with van der Waals surface area (Å²) in [7, 11) is 0. The lowest BCUT2D eigenvalue weighted by atomic mass is 9.94. The van der Waals surface area contributed by atoms with E-state index >= 15 is 0 Å². The molecule has 190 valence electrons. The van der Waals surface area contributed by atoms with Gasteiger partial charge in [0.25, 0.3) is 5.56 Å². The Kier molecular flexibility index (Phi) is 7.05. The Labute approximate surface area is 211 Å². The summed E-state index contributed by atoms with van der Waals surface area (Å²) in [5, 5.41) is 14.1. The first-order chi connectivity index (χ1) is 17.4. The molecule has 3 aromatic heterocycles. The summed E-state index contributed by atoms with van der Waals surface area (Å²) in [5.41, 5.74) is 3.84. The number of hydrogen-bond acceptors (Lipinski definition) is 6. The highest BCUT2D eigenvalue weighted by molar-refractivity contribution is 5.83. The van der Waals surface area contributed by atoms with Crippen molar-refractivity contribution in [2.24, 2.45) is 5.92 Å². The molecule has 1 aliphatic rings. The fourth-order valence-electron chi connectivity index (χ4n) is 5.63. The SMILES string of the molecule is Cc1ccc2cc(CN(Cc3ccco3)[C@H](c3nnnn3C3CCCCC3)C(C)C)c(=O)[nH]c2c1C. The van der Waals surface area contributed by atoms with Crippen LogP contribution >= 0.6 is 0 Å². The Balaban J connectivity index is 1.55. The fourth-order valence-corrected chi connectivity index (χ4v) is 5.63. The molecule has 8 heteroatoms. The smallest absolute Gasteiger partial charge is 0.252 e. The van der Waals surface area contributed by atoms with Crippen molar-refractivity contribution in [3.8, 4) is 0 Å². The molecule has 1 aliphatic carbocycles. The quantitative estimate of drug-likeness (QED) is 0.346. The first-order valence-electron chi connectivity index (χ1n) is 13.1. The number of hydrogen-bond donors (Lipinski definition) is 1. The molecule has 3 heterocycles. The maximum absolute atomic E-state index is 13.3. The van der Waals surface area contributed by atoms with Crippen molar-refractivity contribution in [2.45, 2.75) is 85.0 Å². The first kappa shape index (κ1) is 24.4. The van der Waals surface area contributed by atoms with Gasteiger partial charge in [0.1, 0.15) is 5.76 Å². The monoisotopic (exact) mass is 488 g/mol. The van der Waals surface area contributed by atoms with Crippen molar-refractivity contribution in [1.82, 2.24) is 30.1 Å². The zero-order valence-electron chi connectivity index (χ0n) is 21.7. The van der Waals surface area contributed by atoms with Crippen LogP contribution in [0.5, 0.6) is 0 Å². The molecule has 0 saturated heterocycles. The second-order valence-electron chi connectivity index (χ2n) is 10.5. The van der Waals surface area contributed by atoms with Crippen molar-refractivity contribution in [1.29, 1.82) is 0 Å². The molecule has 1 atom stereocenters. The van der Waals surface area contributed by atoms with Gasteiger partial charge in [0.2, 0.25) is 0 Å². The van der Waals surface area contributed by atoms with Crippen molar-refractivity contribution in [2.75, 3.05) is 0 Å². The van der Waals surface area contributed by atoms with E-state index in [0.29, 0.717) is 19.1 Å². The zero-order chi connectivity index (χ0) is 25.2. The lowest BCUT2D eigenvalue weighted by Gasteiger charge is -2.34. The van der Waals surface area contributed by atoms with E-state index in [0.717, 1.165) is 46.5 Å². The number of aryl methyl sites for hydroxylation is 2. The number of tetrazole rings is 1. The summed E-state index contributed by atoms with van der Waals surface area (Å²) in [6.45, 7) is 9.51. The highest BCUT2D eigenvalue weighted by atomic mass is 16.3. The van der Waals surface area contributed by atoms with Gasteiger partial charge in [0.05, 0.1) is 30.4 Å². The molecule has 4 aromatic rings. The molecule has 1 aromatic carbocycles. The second-order valence-corrected chi connectivity index (χ2v) is 10.5. The van der Waals surface area contributed by atoms with Gasteiger partial charge in [-0.1, -0.05) is 45.2 Å². The molecule has 36 heavy (non-hydrogen) atoms. The molecule has 0 amide bonds. The van der Waals surface area contributed by atoms with E-state index in [1.54, 1.807) is 6.26 Å². The number of nitrogens with zero attached hydrogens (tertiary/aromatic N) is 5. The standard InChI is InChI=1S/C28H36N6O2/c1-18(2)26(27-30-31-32-34(27)23-9-6-5-7-10-23)33(17-24-11-8-14-36-24)16-22-15-21-13-12-19(3)20(4)25(21)29-28(22)35/h8,11-15,18,23,26H,5-7,9-10,16-17H2,1-4H3,(H,29,35)/t26-/m0/s1. The average Bonchev–Trinajstić information content (AvgIpc) is 3.56. The molecular formula is C28H36N6O2. The van der Waals surface area contributed by atoms with Gasteiger partial charge in [-0.25, -0.2) is 4.68 Å². The van der Waals surface area contributed by atoms with Crippen LogP contribution in [0.15, 0.2) is 45.8 Å². The van der Waals surface area contributed by atoms with Crippen LogP contribution in [0.1, 0.15) is 86.3 Å². The number of rotatable bonds is 8. The summed E-state index contributed by atoms with van der Waals surface area (Å²) < 4.78 is 7.79. The third-order valence-corrected chi connectivity index (χ3v) is 7.67. The number of furan rings is 1. The molecule has 1 saturated carbocycles. The van der Waals surface area contributed by atoms with Crippen molar-refractivity contribution < 1.29 is 4.42 Å². The van der Waals surface area contributed by atoms with Crippen LogP contribution in [-0.4, -0.2) is 30.1 Å². The molecule has 1 N–H and O–H groups in total. The van der Waals surface area contributed by atoms with E-state index in [-0.39, 0.29) is 17.5 Å². The van der Waals surface area contributed by atoms with Crippen molar-refractivity contribution >= 4 is 10.9 Å². The summed E-state index contributed by atoms with van der Waals surface area (Å²) in [4.78, 5) is 18.7. The first-order valence-corrected chi connectivity index (χ1v) is 13.1. The molecule has 5 rings (SSSR count). The predicted molar refractivity (Wildman–Crippen MR) is 140 cm³/mol. The molecule has 0 spiro atoms. The van der Waals surface area contributed by atoms with E-state index in [1.165, 1.54) is 24.8 Å². The average molecular weight is 489 g/mol. The molecular weight excluding hydrogens is 452 g/mol. The Morgan fingerprint density at radius 1 is 1.14 bits per heavy atom. The van der Waals surface area contributed by atoms with Crippen LogP contribution < -0.4 is 5.56 Å². The highest BCUT2D eigenvalue weighted by Crippen LogP contribution is 2.34. The topological polar surface area (TPSA) is 92.8 Å². The van der Waals surface area contributed by atoms with Crippen LogP contribution in [0.2, 0.25) is 0 Å². The van der Waals surface area contributed by atoms with Crippen LogP contribution in [0.3, 0.4) is 0 Å². The minimum atomic E-state index is -0.0816. The van der Waals surface area contributed by atoms with E-state index in [4.69, 9.17) is 4.42 Å². The van der Waals surface area contributed by atoms with Gasteiger partial charge in [0.15, 0.2) is 5.82 Å². The van der Waals surface area contributed by atoms with Crippen molar-refractivity contribution in [3.05, 3.63) is 75.2 Å². The molecule has 0 unspecified atom stereocenters. The van der Waals surface area contributed by atoms with Gasteiger partial charge >= 0.3 is 0 Å². The van der Waals surface area contributed by atoms with Crippen LogP contribution in [-0.2, 0) is 13.1 Å². The lowest BCUT2D eigenvalue weighted by Crippen LogP contribution is -2.36. The largest absolute Gasteiger partial charge is 0.468 e. The predicted octanol–water partition coefficient (Wildman–Crippen LogP) is 5.63. The Hall–Kier alpha value is -3.26. The second kappa shape index (κ2) is 10.4. The number of nitrogens with one attached hydrogen (secondary N) is 1. The number of pyridine rings is 1. The minimum Gasteiger partial charge on any atom is -0.468 e. The summed E-state index contributed by atoms with van der Waals surface area (Å²) in [6.07, 6.45) is 7.58. The van der Waals surface area contributed by atoms with Crippen molar-refractivity contribution in [3.63, 3.8) is 0 Å². The maximum Gasteiger partial charge on any atom is 0.252 e. The molecule has 0 bridgehead atoms. The van der Waals surface area contributed by atoms with Gasteiger partial charge in [-0.15, -0.1) is 5.10 Å². The van der Waals surface area contributed by atoms with E-state index in [9.17, 15) is 4.79 Å². The molecule has 1 fully saturated rings. The normalized spacial score (nSPS) is 15.8. The Morgan fingerprint density at radius 3 is 2.67 bits per heavy atom. The maximum atomic E-state index is 13.3. The summed E-state index contributed by atoms with van der Waals surface area (Å²) >= 11 is 0. The number of fused-ring (bicyclic) bond motifs is 1. The summed E-state index contributed by atoms with van der Waals surface area (Å²) in [5.74, 6) is 1.94. The van der Waals surface area contributed by atoms with Gasteiger partial charge in [-0.05, 0) is 77.7 Å². The van der Waals surface area contributed by atoms with E-state index in [2.05, 4.69) is 69.9 Å². The van der Waals surface area contributed by atoms with E-state index in [1.807, 2.05) is 18.2 Å². The Morgan fingerprint density at radius 2 is 1.94 bits per heavy atom. The minimum absolute atomic E-state index is 0.0602. The highest BCUT2D eigenvalue weighted by Gasteiger charge is 2.32. The molecule has 0 aliphatic heterocycles. The van der Waals surface area contributed by atoms with E-state index < -0.39 is 0 Å². The van der Waals surface area contributed by atoms with Crippen LogP contribution in [0.25, 0.3) is 10.9 Å². The van der Waals surface area contributed by atoms with Gasteiger partial charge in [-0.3, -0.25) is 9.69 Å². The number of H-pyrrole nitrogens is 1. The van der Waals surface area contributed by atoms with Crippen LogP contribution in [0, 0.1) is 19.8 Å². The summed E-state index contributed by atoms with van der Waals surface area (Å²) in [6, 6.07) is 10.3. The number of aromatic amines is 1. The Bertz CT molecular complexity index is 1360. The third kappa shape index (κ3) is 4.87. The van der Waals surface area contributed by atoms with Crippen LogP contribution in [0.4, 0.5) is 0 Å². The zero-order valence-corrected chi connectivity index (χ0v) is 21.7. The van der Waals surface area contributed by atoms with Gasteiger partial charge in [-0.2, -0.15) is 0 Å². The van der Waals surface area contributed by atoms with Gasteiger partial charge in [0, 0.05) is 12.1 Å². The molecule has 0 radical (unpaired) electrons. The third-order valence-electron chi connectivity index (χ3n) is 7.67. The lowest BCUT2D eigenvalue weighted by molar-refractivity contribution is 0.112. The number of benzene rings is 1. The molecule has 8 nitrogen and oxygen atoms in total. The van der Waals surface area contributed by atoms with Gasteiger partial charge < -0.3 is 9.40 Å².